The average molecular weight is 555 g/mol. The SMILES string of the molecule is COc1ccc(C(c2ccc(OC)cc2OC)[C@H](C)OC(=O)[C@H](C)NC(=O)c2nccc(OC)c2O)c(OC)c1. The van der Waals surface area contributed by atoms with Gasteiger partial charge in [0.2, 0.25) is 0 Å². The Morgan fingerprint density at radius 1 is 0.775 bits per heavy atom. The number of pyridine rings is 1. The monoisotopic (exact) mass is 554 g/mol. The summed E-state index contributed by atoms with van der Waals surface area (Å²) in [6, 6.07) is 11.0. The first-order valence-electron chi connectivity index (χ1n) is 12.4. The van der Waals surface area contributed by atoms with E-state index in [1.807, 2.05) is 12.1 Å². The molecule has 0 aliphatic heterocycles. The van der Waals surface area contributed by atoms with Gasteiger partial charge in [0.15, 0.2) is 17.2 Å². The van der Waals surface area contributed by atoms with Crippen LogP contribution in [0.25, 0.3) is 0 Å². The lowest BCUT2D eigenvalue weighted by atomic mass is 9.85. The van der Waals surface area contributed by atoms with Crippen LogP contribution >= 0.6 is 0 Å². The summed E-state index contributed by atoms with van der Waals surface area (Å²) in [5, 5.41) is 12.8. The molecule has 0 aliphatic carbocycles. The number of methoxy groups -OCH3 is 5. The fraction of sp³-hybridized carbons (Fsp3) is 0.345. The van der Waals surface area contributed by atoms with Crippen molar-refractivity contribution in [2.75, 3.05) is 35.5 Å². The van der Waals surface area contributed by atoms with Crippen molar-refractivity contribution in [3.8, 4) is 34.5 Å². The molecule has 1 heterocycles. The van der Waals surface area contributed by atoms with Crippen LogP contribution in [0.2, 0.25) is 0 Å². The van der Waals surface area contributed by atoms with Crippen LogP contribution in [0.5, 0.6) is 34.5 Å². The van der Waals surface area contributed by atoms with Crippen molar-refractivity contribution in [2.24, 2.45) is 0 Å². The molecule has 3 rings (SSSR count). The smallest absolute Gasteiger partial charge is 0.328 e. The average Bonchev–Trinajstić information content (AvgIpc) is 2.97. The second-order valence-electron chi connectivity index (χ2n) is 8.74. The van der Waals surface area contributed by atoms with Gasteiger partial charge in [0.1, 0.15) is 35.1 Å². The maximum absolute atomic E-state index is 13.2. The first-order chi connectivity index (χ1) is 19.2. The van der Waals surface area contributed by atoms with E-state index in [1.54, 1.807) is 45.4 Å². The van der Waals surface area contributed by atoms with E-state index in [0.717, 1.165) is 0 Å². The molecule has 2 atom stereocenters. The third kappa shape index (κ3) is 6.48. The summed E-state index contributed by atoms with van der Waals surface area (Å²) in [5.74, 6) is -0.141. The Morgan fingerprint density at radius 2 is 1.30 bits per heavy atom. The number of esters is 1. The predicted molar refractivity (Wildman–Crippen MR) is 146 cm³/mol. The Hall–Kier alpha value is -4.67. The third-order valence-electron chi connectivity index (χ3n) is 6.35. The Bertz CT molecular complexity index is 1290. The first kappa shape index (κ1) is 29.9. The molecule has 40 heavy (non-hydrogen) atoms. The Kier molecular flexibility index (Phi) is 10.0. The van der Waals surface area contributed by atoms with Crippen LogP contribution in [0.4, 0.5) is 0 Å². The quantitative estimate of drug-likeness (QED) is 0.319. The van der Waals surface area contributed by atoms with E-state index in [-0.39, 0.29) is 11.4 Å². The number of hydrogen-bond acceptors (Lipinski definition) is 10. The number of aromatic hydroxyl groups is 1. The summed E-state index contributed by atoms with van der Waals surface area (Å²) < 4.78 is 32.9. The van der Waals surface area contributed by atoms with Gasteiger partial charge in [-0.2, -0.15) is 0 Å². The van der Waals surface area contributed by atoms with Gasteiger partial charge in [0.25, 0.3) is 5.91 Å². The van der Waals surface area contributed by atoms with Crippen molar-refractivity contribution in [1.82, 2.24) is 10.3 Å². The molecule has 2 N–H and O–H groups in total. The van der Waals surface area contributed by atoms with Gasteiger partial charge >= 0.3 is 5.97 Å². The fourth-order valence-corrected chi connectivity index (χ4v) is 4.27. The maximum Gasteiger partial charge on any atom is 0.328 e. The molecule has 0 radical (unpaired) electrons. The summed E-state index contributed by atoms with van der Waals surface area (Å²) in [5.41, 5.74) is 1.15. The van der Waals surface area contributed by atoms with Gasteiger partial charge in [-0.3, -0.25) is 4.79 Å². The van der Waals surface area contributed by atoms with Gasteiger partial charge in [0, 0.05) is 35.5 Å². The zero-order valence-corrected chi connectivity index (χ0v) is 23.5. The summed E-state index contributed by atoms with van der Waals surface area (Å²) in [6.07, 6.45) is 0.563. The molecule has 0 unspecified atom stereocenters. The molecule has 2 aromatic carbocycles. The largest absolute Gasteiger partial charge is 0.503 e. The molecule has 11 heteroatoms. The third-order valence-corrected chi connectivity index (χ3v) is 6.35. The van der Waals surface area contributed by atoms with Crippen molar-refractivity contribution in [3.63, 3.8) is 0 Å². The summed E-state index contributed by atoms with van der Waals surface area (Å²) in [6.45, 7) is 3.21. The molecule has 1 amide bonds. The number of carbonyl (C=O) groups excluding carboxylic acids is 2. The Balaban J connectivity index is 1.93. The number of nitrogens with one attached hydrogen (secondary N) is 1. The number of benzene rings is 2. The van der Waals surface area contributed by atoms with E-state index in [1.165, 1.54) is 40.5 Å². The fourth-order valence-electron chi connectivity index (χ4n) is 4.27. The van der Waals surface area contributed by atoms with Crippen molar-refractivity contribution in [1.29, 1.82) is 0 Å². The standard InChI is InChI=1S/C29H34N2O9/c1-16(31-28(33)26-27(32)22(37-5)12-13-30-26)29(34)40-17(2)25(20-10-8-18(35-3)14-23(20)38-6)21-11-9-19(36-4)15-24(21)39-7/h8-17,25,32H,1-7H3,(H,31,33)/t16-,17-/m0/s1. The van der Waals surface area contributed by atoms with Crippen molar-refractivity contribution >= 4 is 11.9 Å². The molecular weight excluding hydrogens is 520 g/mol. The Labute approximate surface area is 232 Å². The highest BCUT2D eigenvalue weighted by atomic mass is 16.5. The first-order valence-corrected chi connectivity index (χ1v) is 12.4. The van der Waals surface area contributed by atoms with Crippen molar-refractivity contribution in [2.45, 2.75) is 31.9 Å². The zero-order valence-electron chi connectivity index (χ0n) is 23.5. The number of nitrogens with zero attached hydrogens (tertiary/aromatic N) is 1. The van der Waals surface area contributed by atoms with E-state index in [9.17, 15) is 14.7 Å². The number of aromatic nitrogens is 1. The summed E-state index contributed by atoms with van der Waals surface area (Å²) in [7, 11) is 7.54. The molecule has 3 aromatic rings. The number of amides is 1. The molecule has 0 saturated heterocycles. The molecule has 1 aromatic heterocycles. The highest BCUT2D eigenvalue weighted by Crippen LogP contribution is 2.42. The van der Waals surface area contributed by atoms with Gasteiger partial charge in [-0.15, -0.1) is 0 Å². The minimum atomic E-state index is -1.07. The van der Waals surface area contributed by atoms with Gasteiger partial charge < -0.3 is 38.8 Å². The van der Waals surface area contributed by atoms with Crippen molar-refractivity contribution < 1.29 is 43.1 Å². The van der Waals surface area contributed by atoms with Crippen LogP contribution in [-0.4, -0.2) is 69.7 Å². The van der Waals surface area contributed by atoms with Crippen LogP contribution in [0, 0.1) is 0 Å². The number of ether oxygens (including phenoxy) is 6. The van der Waals surface area contributed by atoms with Crippen LogP contribution in [0.15, 0.2) is 48.7 Å². The minimum Gasteiger partial charge on any atom is -0.503 e. The molecule has 0 aliphatic rings. The molecular formula is C29H34N2O9. The topological polar surface area (TPSA) is 135 Å². The van der Waals surface area contributed by atoms with Crippen LogP contribution in [0.3, 0.4) is 0 Å². The molecule has 11 nitrogen and oxygen atoms in total. The molecule has 0 spiro atoms. The van der Waals surface area contributed by atoms with E-state index < -0.39 is 35.7 Å². The zero-order chi connectivity index (χ0) is 29.4. The van der Waals surface area contributed by atoms with E-state index >= 15 is 0 Å². The van der Waals surface area contributed by atoms with E-state index in [4.69, 9.17) is 28.4 Å². The number of rotatable bonds is 12. The molecule has 0 fully saturated rings. The van der Waals surface area contributed by atoms with Gasteiger partial charge in [-0.25, -0.2) is 9.78 Å². The van der Waals surface area contributed by atoms with Crippen LogP contribution in [0.1, 0.15) is 41.4 Å². The van der Waals surface area contributed by atoms with Gasteiger partial charge in [-0.1, -0.05) is 12.1 Å². The molecule has 0 saturated carbocycles. The highest BCUT2D eigenvalue weighted by molar-refractivity contribution is 5.97. The van der Waals surface area contributed by atoms with E-state index in [2.05, 4.69) is 10.3 Å². The second-order valence-corrected chi connectivity index (χ2v) is 8.74. The maximum atomic E-state index is 13.2. The van der Waals surface area contributed by atoms with Gasteiger partial charge in [-0.05, 0) is 26.0 Å². The normalized spacial score (nSPS) is 12.2. The lowest BCUT2D eigenvalue weighted by molar-refractivity contribution is -0.150. The second kappa shape index (κ2) is 13.4. The van der Waals surface area contributed by atoms with Crippen LogP contribution < -0.4 is 29.0 Å². The van der Waals surface area contributed by atoms with Crippen LogP contribution in [-0.2, 0) is 9.53 Å². The molecule has 0 bridgehead atoms. The highest BCUT2D eigenvalue weighted by Gasteiger charge is 2.32. The lowest BCUT2D eigenvalue weighted by Gasteiger charge is -2.29. The van der Waals surface area contributed by atoms with Crippen molar-refractivity contribution in [3.05, 3.63) is 65.5 Å². The lowest BCUT2D eigenvalue weighted by Crippen LogP contribution is -2.41. The summed E-state index contributed by atoms with van der Waals surface area (Å²) >= 11 is 0. The summed E-state index contributed by atoms with van der Waals surface area (Å²) in [4.78, 5) is 29.8. The number of carbonyl (C=O) groups is 2. The van der Waals surface area contributed by atoms with E-state index in [0.29, 0.717) is 34.1 Å². The number of hydrogen-bond donors (Lipinski definition) is 2. The predicted octanol–water partition coefficient (Wildman–Crippen LogP) is 3.71. The Morgan fingerprint density at radius 3 is 1.77 bits per heavy atom. The minimum absolute atomic E-state index is 0.0775. The molecule has 214 valence electrons. The van der Waals surface area contributed by atoms with Gasteiger partial charge in [0.05, 0.1) is 41.5 Å².